The zero-order valence-electron chi connectivity index (χ0n) is 36.3. The Labute approximate surface area is 385 Å². The van der Waals surface area contributed by atoms with Gasteiger partial charge in [0.15, 0.2) is 0 Å². The fourth-order valence-corrected chi connectivity index (χ4v) is 9.82. The van der Waals surface area contributed by atoms with Crippen molar-refractivity contribution in [3.63, 3.8) is 0 Å². The quantitative estimate of drug-likeness (QED) is 0.141. The highest BCUT2D eigenvalue weighted by molar-refractivity contribution is 6.16. The molecule has 1 aromatic heterocycles. The highest BCUT2D eigenvalue weighted by atomic mass is 15.1. The summed E-state index contributed by atoms with van der Waals surface area (Å²) in [6.45, 7) is 0. The number of hydrogen-bond acceptors (Lipinski definition) is 1. The van der Waals surface area contributed by atoms with Gasteiger partial charge >= 0.3 is 0 Å². The summed E-state index contributed by atoms with van der Waals surface area (Å²) in [6, 6.07) is 96.9. The Morgan fingerprint density at radius 2 is 0.758 bits per heavy atom. The first-order valence-electron chi connectivity index (χ1n) is 22.7. The molecular weight excluding hydrogens is 797 g/mol. The molecule has 0 N–H and O–H groups in total. The molecule has 0 fully saturated rings. The van der Waals surface area contributed by atoms with Crippen LogP contribution < -0.4 is 4.90 Å². The van der Waals surface area contributed by atoms with Crippen LogP contribution in [0.5, 0.6) is 0 Å². The third-order valence-corrected chi connectivity index (χ3v) is 12.9. The Morgan fingerprint density at radius 1 is 0.273 bits per heavy atom. The fraction of sp³-hybridized carbons (Fsp3) is 0. The first-order valence-corrected chi connectivity index (χ1v) is 22.7. The molecule has 0 saturated heterocycles. The summed E-state index contributed by atoms with van der Waals surface area (Å²) in [5.41, 5.74) is 18.7. The van der Waals surface area contributed by atoms with E-state index in [2.05, 4.69) is 276 Å². The second-order valence-electron chi connectivity index (χ2n) is 16.9. The second-order valence-corrected chi connectivity index (χ2v) is 16.9. The molecule has 66 heavy (non-hydrogen) atoms. The lowest BCUT2D eigenvalue weighted by atomic mass is 9.93. The Kier molecular flexibility index (Phi) is 9.89. The average molecular weight is 841 g/mol. The zero-order chi connectivity index (χ0) is 43.8. The van der Waals surface area contributed by atoms with Gasteiger partial charge in [-0.05, 0) is 140 Å². The monoisotopic (exact) mass is 840 g/mol. The molecule has 1 heterocycles. The van der Waals surface area contributed by atoms with Gasteiger partial charge in [-0.3, -0.25) is 0 Å². The molecule has 12 aromatic rings. The molecule has 0 spiro atoms. The maximum absolute atomic E-state index is 2.42. The highest BCUT2D eigenvalue weighted by Crippen LogP contribution is 2.45. The van der Waals surface area contributed by atoms with Crippen molar-refractivity contribution < 1.29 is 0 Å². The van der Waals surface area contributed by atoms with Gasteiger partial charge in [0.2, 0.25) is 0 Å². The number of rotatable bonds is 9. The van der Waals surface area contributed by atoms with E-state index in [4.69, 9.17) is 0 Å². The SMILES string of the molecule is c1ccc(-c2cc(-c3ccccc3)cc(-c3ccc(N(c4ccc5ccccc5c4)c4ccccc4-c4cccc(-c5cccc6c5c5ccccc5n6-c5ccccc5)c4)cc3)c2)cc1. The molecule has 0 bridgehead atoms. The Bertz CT molecular complexity index is 3620. The van der Waals surface area contributed by atoms with Crippen LogP contribution >= 0.6 is 0 Å². The lowest BCUT2D eigenvalue weighted by Crippen LogP contribution is -2.11. The summed E-state index contributed by atoms with van der Waals surface area (Å²) in [4.78, 5) is 2.42. The van der Waals surface area contributed by atoms with E-state index >= 15 is 0 Å². The minimum Gasteiger partial charge on any atom is -0.310 e. The van der Waals surface area contributed by atoms with Crippen LogP contribution in [0, 0.1) is 0 Å². The van der Waals surface area contributed by atoms with E-state index in [1.807, 2.05) is 0 Å². The van der Waals surface area contributed by atoms with E-state index in [1.165, 1.54) is 71.5 Å². The van der Waals surface area contributed by atoms with Crippen molar-refractivity contribution >= 4 is 49.6 Å². The van der Waals surface area contributed by atoms with Crippen molar-refractivity contribution in [3.8, 4) is 61.3 Å². The molecule has 0 amide bonds. The van der Waals surface area contributed by atoms with Crippen LogP contribution in [0.2, 0.25) is 0 Å². The summed E-state index contributed by atoms with van der Waals surface area (Å²) in [5.74, 6) is 0. The first-order chi connectivity index (χ1) is 32.7. The molecular formula is C64H44N2. The van der Waals surface area contributed by atoms with Gasteiger partial charge < -0.3 is 9.47 Å². The number of nitrogens with zero attached hydrogens (tertiary/aromatic N) is 2. The van der Waals surface area contributed by atoms with Gasteiger partial charge in [-0.1, -0.05) is 188 Å². The van der Waals surface area contributed by atoms with E-state index in [1.54, 1.807) is 0 Å². The molecule has 0 radical (unpaired) electrons. The van der Waals surface area contributed by atoms with Gasteiger partial charge in [0.05, 0.1) is 16.7 Å². The minimum absolute atomic E-state index is 1.08. The average Bonchev–Trinajstić information content (AvgIpc) is 3.74. The molecule has 0 saturated carbocycles. The third-order valence-electron chi connectivity index (χ3n) is 12.9. The topological polar surface area (TPSA) is 8.17 Å². The Balaban J connectivity index is 0.990. The summed E-state index contributed by atoms with van der Waals surface area (Å²) < 4.78 is 2.39. The minimum atomic E-state index is 1.08. The van der Waals surface area contributed by atoms with Crippen molar-refractivity contribution in [1.82, 2.24) is 4.57 Å². The van der Waals surface area contributed by atoms with Crippen LogP contribution in [0.3, 0.4) is 0 Å². The van der Waals surface area contributed by atoms with Crippen molar-refractivity contribution in [3.05, 3.63) is 267 Å². The number of hydrogen-bond donors (Lipinski definition) is 0. The van der Waals surface area contributed by atoms with Gasteiger partial charge in [0.25, 0.3) is 0 Å². The summed E-state index contributed by atoms with van der Waals surface area (Å²) in [7, 11) is 0. The van der Waals surface area contributed by atoms with Gasteiger partial charge in [-0.25, -0.2) is 0 Å². The normalized spacial score (nSPS) is 11.3. The summed E-state index contributed by atoms with van der Waals surface area (Å²) >= 11 is 0. The lowest BCUT2D eigenvalue weighted by molar-refractivity contribution is 1.18. The van der Waals surface area contributed by atoms with E-state index in [-0.39, 0.29) is 0 Å². The molecule has 310 valence electrons. The van der Waals surface area contributed by atoms with Crippen LogP contribution in [0.4, 0.5) is 17.1 Å². The van der Waals surface area contributed by atoms with Gasteiger partial charge in [-0.2, -0.15) is 0 Å². The summed E-state index contributed by atoms with van der Waals surface area (Å²) in [6.07, 6.45) is 0. The Morgan fingerprint density at radius 3 is 1.47 bits per heavy atom. The van der Waals surface area contributed by atoms with E-state index in [0.29, 0.717) is 0 Å². The standard InChI is InChI=1S/C64H44N2/c1-4-18-45(19-5-1)52-41-53(46-20-6-2-7-21-46)43-54(42-52)48-34-37-56(38-35-48)65(57-39-36-47-22-10-11-23-49(47)44-57)61-31-14-12-28-58(61)50-24-16-25-51(40-50)59-30-17-33-63-64(59)60-29-13-15-32-62(60)66(63)55-26-8-3-9-27-55/h1-44H. The predicted octanol–water partition coefficient (Wildman–Crippen LogP) is 17.7. The molecule has 11 aromatic carbocycles. The maximum atomic E-state index is 2.42. The van der Waals surface area contributed by atoms with Crippen LogP contribution in [0.25, 0.3) is 93.9 Å². The predicted molar refractivity (Wildman–Crippen MR) is 280 cm³/mol. The molecule has 0 aliphatic carbocycles. The Hall–Kier alpha value is -8.72. The van der Waals surface area contributed by atoms with Crippen molar-refractivity contribution in [2.75, 3.05) is 4.90 Å². The molecule has 0 unspecified atom stereocenters. The summed E-state index contributed by atoms with van der Waals surface area (Å²) in [5, 5.41) is 4.91. The zero-order valence-corrected chi connectivity index (χ0v) is 36.3. The van der Waals surface area contributed by atoms with Crippen LogP contribution in [-0.4, -0.2) is 4.57 Å². The third kappa shape index (κ3) is 7.12. The highest BCUT2D eigenvalue weighted by Gasteiger charge is 2.20. The maximum Gasteiger partial charge on any atom is 0.0547 e. The first kappa shape index (κ1) is 38.9. The van der Waals surface area contributed by atoms with Crippen molar-refractivity contribution in [2.24, 2.45) is 0 Å². The fourth-order valence-electron chi connectivity index (χ4n) is 9.82. The van der Waals surface area contributed by atoms with Crippen molar-refractivity contribution in [1.29, 1.82) is 0 Å². The van der Waals surface area contributed by atoms with Crippen molar-refractivity contribution in [2.45, 2.75) is 0 Å². The number of anilines is 3. The van der Waals surface area contributed by atoms with Gasteiger partial charge in [0, 0.05) is 33.4 Å². The molecule has 2 heteroatoms. The lowest BCUT2D eigenvalue weighted by Gasteiger charge is -2.28. The molecule has 0 aliphatic heterocycles. The molecule has 0 atom stereocenters. The van der Waals surface area contributed by atoms with Crippen LogP contribution in [0.1, 0.15) is 0 Å². The van der Waals surface area contributed by atoms with E-state index < -0.39 is 0 Å². The smallest absolute Gasteiger partial charge is 0.0547 e. The largest absolute Gasteiger partial charge is 0.310 e. The van der Waals surface area contributed by atoms with Crippen LogP contribution in [-0.2, 0) is 0 Å². The number of benzene rings is 11. The number of fused-ring (bicyclic) bond motifs is 4. The number of para-hydroxylation sites is 3. The molecule has 12 rings (SSSR count). The molecule has 0 aliphatic rings. The van der Waals surface area contributed by atoms with E-state index in [9.17, 15) is 0 Å². The molecule has 2 nitrogen and oxygen atoms in total. The second kappa shape index (κ2) is 16.8. The van der Waals surface area contributed by atoms with Gasteiger partial charge in [-0.15, -0.1) is 0 Å². The number of aromatic nitrogens is 1. The van der Waals surface area contributed by atoms with Gasteiger partial charge in [0.1, 0.15) is 0 Å². The van der Waals surface area contributed by atoms with E-state index in [0.717, 1.165) is 39.4 Å². The van der Waals surface area contributed by atoms with Crippen LogP contribution in [0.15, 0.2) is 267 Å².